The van der Waals surface area contributed by atoms with E-state index in [4.69, 9.17) is 9.47 Å². The van der Waals surface area contributed by atoms with Gasteiger partial charge >= 0.3 is 6.18 Å². The van der Waals surface area contributed by atoms with Crippen molar-refractivity contribution in [2.75, 3.05) is 11.9 Å². The van der Waals surface area contributed by atoms with Gasteiger partial charge in [-0.2, -0.15) is 13.2 Å². The molecule has 0 amide bonds. The Bertz CT molecular complexity index is 967. The van der Waals surface area contributed by atoms with Gasteiger partial charge < -0.3 is 25.0 Å². The summed E-state index contributed by atoms with van der Waals surface area (Å²) in [4.78, 5) is 6.74. The second-order valence-electron chi connectivity index (χ2n) is 12.8. The molecule has 3 aliphatic carbocycles. The average molecular weight is 540 g/mol. The molecular weight excluding hydrogens is 499 g/mol. The number of anilines is 1. The van der Waals surface area contributed by atoms with Gasteiger partial charge in [0.2, 0.25) is 5.82 Å². The predicted octanol–water partition coefficient (Wildman–Crippen LogP) is 4.93. The molecule has 2 saturated heterocycles. The molecule has 2 aliphatic heterocycles. The maximum absolute atomic E-state index is 13.0. The fourth-order valence-corrected chi connectivity index (χ4v) is 7.49. The van der Waals surface area contributed by atoms with Crippen molar-refractivity contribution in [3.8, 4) is 0 Å². The van der Waals surface area contributed by atoms with Crippen LogP contribution in [0.4, 0.5) is 19.0 Å². The highest BCUT2D eigenvalue weighted by Crippen LogP contribution is 2.49. The predicted molar refractivity (Wildman–Crippen MR) is 133 cm³/mol. The zero-order valence-corrected chi connectivity index (χ0v) is 21.8. The molecule has 3 saturated carbocycles. The van der Waals surface area contributed by atoms with Crippen LogP contribution in [0.3, 0.4) is 0 Å². The highest BCUT2D eigenvalue weighted by Gasteiger charge is 2.60. The summed E-state index contributed by atoms with van der Waals surface area (Å²) in [6.07, 6.45) is 8.48. The van der Waals surface area contributed by atoms with Gasteiger partial charge in [-0.05, 0) is 67.8 Å². The van der Waals surface area contributed by atoms with Crippen molar-refractivity contribution in [1.29, 1.82) is 0 Å². The molecule has 5 fully saturated rings. The van der Waals surface area contributed by atoms with Crippen LogP contribution in [0.25, 0.3) is 0 Å². The summed E-state index contributed by atoms with van der Waals surface area (Å²) in [5.41, 5.74) is -0.984. The van der Waals surface area contributed by atoms with Crippen molar-refractivity contribution < 1.29 is 32.9 Å². The van der Waals surface area contributed by atoms with E-state index in [0.717, 1.165) is 42.7 Å². The summed E-state index contributed by atoms with van der Waals surface area (Å²) in [6.45, 7) is 0.150. The van der Waals surface area contributed by atoms with E-state index in [2.05, 4.69) is 15.3 Å². The molecular formula is C28H40F3N3O4. The quantitative estimate of drug-likeness (QED) is 0.388. The highest BCUT2D eigenvalue weighted by atomic mass is 19.4. The first kappa shape index (κ1) is 26.7. The number of halogens is 3. The molecule has 212 valence electrons. The fraction of sp³-hybridized carbons (Fsp3) is 0.857. The minimum absolute atomic E-state index is 0.117. The van der Waals surface area contributed by atoms with E-state index in [1.165, 1.54) is 63.9 Å². The molecule has 6 rings (SSSR count). The Kier molecular flexibility index (Phi) is 7.37. The maximum atomic E-state index is 13.0. The molecule has 0 unspecified atom stereocenters. The Morgan fingerprint density at radius 2 is 1.58 bits per heavy atom. The lowest BCUT2D eigenvalue weighted by Gasteiger charge is -2.47. The zero-order valence-electron chi connectivity index (χ0n) is 21.8. The number of aromatic nitrogens is 2. The van der Waals surface area contributed by atoms with E-state index in [1.54, 1.807) is 0 Å². The van der Waals surface area contributed by atoms with Crippen molar-refractivity contribution in [3.63, 3.8) is 0 Å². The largest absolute Gasteiger partial charge is 0.451 e. The van der Waals surface area contributed by atoms with Crippen LogP contribution >= 0.6 is 0 Å². The molecule has 10 heteroatoms. The van der Waals surface area contributed by atoms with Crippen molar-refractivity contribution in [1.82, 2.24) is 9.97 Å². The number of ether oxygens (including phenoxy) is 2. The number of aliphatic hydroxyl groups is 2. The number of fused-ring (bicyclic) bond motifs is 2. The van der Waals surface area contributed by atoms with Crippen LogP contribution in [0.1, 0.15) is 82.9 Å². The standard InChI is InChI=1S/C28H40F3N3O4/c29-28(30,31)26-32-9-8-21(34-26)33-22-23(35)24(36)27(15-37-25(22)38-27)14-20-12-19(13-20)7-6-18-10-17(11-18)5-4-16-2-1-3-16/h8-9,16-20,22-25,35-36H,1-7,10-15H2,(H,32,33,34)/t17?,18?,19?,20?,22-,23-,24-,25+,27+/m1/s1. The summed E-state index contributed by atoms with van der Waals surface area (Å²) >= 11 is 0. The lowest BCUT2D eigenvalue weighted by molar-refractivity contribution is -0.222. The van der Waals surface area contributed by atoms with E-state index >= 15 is 0 Å². The summed E-state index contributed by atoms with van der Waals surface area (Å²) in [7, 11) is 0. The lowest BCUT2D eigenvalue weighted by Crippen LogP contribution is -2.63. The minimum Gasteiger partial charge on any atom is -0.388 e. The highest BCUT2D eigenvalue weighted by molar-refractivity contribution is 5.36. The minimum atomic E-state index is -4.69. The molecule has 7 nitrogen and oxygen atoms in total. The number of hydrogen-bond acceptors (Lipinski definition) is 7. The third-order valence-corrected chi connectivity index (χ3v) is 10.1. The molecule has 3 N–H and O–H groups in total. The molecule has 2 bridgehead atoms. The summed E-state index contributed by atoms with van der Waals surface area (Å²) in [5, 5.41) is 24.6. The summed E-state index contributed by atoms with van der Waals surface area (Å²) < 4.78 is 50.8. The van der Waals surface area contributed by atoms with Gasteiger partial charge in [-0.25, -0.2) is 9.97 Å². The van der Waals surface area contributed by atoms with E-state index in [9.17, 15) is 23.4 Å². The van der Waals surface area contributed by atoms with Gasteiger partial charge in [0.1, 0.15) is 29.7 Å². The molecule has 5 aliphatic rings. The summed E-state index contributed by atoms with van der Waals surface area (Å²) in [6, 6.07) is 0.324. The molecule has 0 aromatic carbocycles. The van der Waals surface area contributed by atoms with Gasteiger partial charge in [-0.1, -0.05) is 44.9 Å². The van der Waals surface area contributed by atoms with Crippen LogP contribution in [0.5, 0.6) is 0 Å². The van der Waals surface area contributed by atoms with E-state index in [-0.39, 0.29) is 12.4 Å². The second kappa shape index (κ2) is 10.5. The van der Waals surface area contributed by atoms with Crippen molar-refractivity contribution in [2.24, 2.45) is 29.6 Å². The van der Waals surface area contributed by atoms with Crippen LogP contribution in [0, 0.1) is 29.6 Å². The zero-order chi connectivity index (χ0) is 26.5. The Labute approximate surface area is 221 Å². The smallest absolute Gasteiger partial charge is 0.388 e. The van der Waals surface area contributed by atoms with Crippen molar-refractivity contribution in [3.05, 3.63) is 18.1 Å². The van der Waals surface area contributed by atoms with Gasteiger partial charge in [0.25, 0.3) is 0 Å². The van der Waals surface area contributed by atoms with Gasteiger partial charge in [-0.15, -0.1) is 0 Å². The third-order valence-electron chi connectivity index (χ3n) is 10.1. The molecule has 38 heavy (non-hydrogen) atoms. The Morgan fingerprint density at radius 1 is 0.947 bits per heavy atom. The van der Waals surface area contributed by atoms with Crippen LogP contribution < -0.4 is 5.32 Å². The first-order valence-electron chi connectivity index (χ1n) is 14.5. The van der Waals surface area contributed by atoms with Gasteiger partial charge in [-0.3, -0.25) is 0 Å². The SMILES string of the molecule is O[C@@H]1[C@@H](Nc2ccnc(C(F)(F)F)n2)[C@H]2OC[C@](CC3CC(CCC4CC(CCC5CCC5)C4)C3)(O2)[C@@H]1O. The first-order valence-corrected chi connectivity index (χ1v) is 14.5. The molecule has 1 aromatic heterocycles. The number of aliphatic hydroxyl groups excluding tert-OH is 2. The monoisotopic (exact) mass is 539 g/mol. The third kappa shape index (κ3) is 5.43. The number of alkyl halides is 3. The Hall–Kier alpha value is -1.49. The van der Waals surface area contributed by atoms with Crippen LogP contribution in [-0.4, -0.2) is 56.9 Å². The topological polar surface area (TPSA) is 96.7 Å². The van der Waals surface area contributed by atoms with Crippen molar-refractivity contribution in [2.45, 2.75) is 113 Å². The number of nitrogens with one attached hydrogen (secondary N) is 1. The Balaban J connectivity index is 0.939. The fourth-order valence-electron chi connectivity index (χ4n) is 7.49. The molecule has 5 atom stereocenters. The van der Waals surface area contributed by atoms with E-state index in [1.807, 2.05) is 0 Å². The number of rotatable bonds is 10. The van der Waals surface area contributed by atoms with Gasteiger partial charge in [0.15, 0.2) is 6.29 Å². The van der Waals surface area contributed by atoms with Crippen LogP contribution in [0.2, 0.25) is 0 Å². The lowest BCUT2D eigenvalue weighted by atomic mass is 9.64. The van der Waals surface area contributed by atoms with E-state index < -0.39 is 42.1 Å². The van der Waals surface area contributed by atoms with Crippen LogP contribution in [-0.2, 0) is 15.7 Å². The average Bonchev–Trinajstić information content (AvgIpc) is 3.20. The number of hydrogen-bond donors (Lipinski definition) is 3. The molecule has 0 spiro atoms. The Morgan fingerprint density at radius 3 is 2.18 bits per heavy atom. The van der Waals surface area contributed by atoms with Crippen LogP contribution in [0.15, 0.2) is 12.3 Å². The second-order valence-corrected chi connectivity index (χ2v) is 12.8. The van der Waals surface area contributed by atoms with Gasteiger partial charge in [0, 0.05) is 6.20 Å². The molecule has 1 aromatic rings. The molecule has 0 radical (unpaired) electrons. The maximum Gasteiger partial charge on any atom is 0.451 e. The first-order chi connectivity index (χ1) is 18.2. The normalized spacial score (nSPS) is 40.8. The summed E-state index contributed by atoms with van der Waals surface area (Å²) in [5.74, 6) is 2.66. The molecule has 3 heterocycles. The number of nitrogens with zero attached hydrogens (tertiary/aromatic N) is 2. The van der Waals surface area contributed by atoms with E-state index in [0.29, 0.717) is 12.3 Å². The van der Waals surface area contributed by atoms with Gasteiger partial charge in [0.05, 0.1) is 6.61 Å². The van der Waals surface area contributed by atoms with Crippen molar-refractivity contribution >= 4 is 5.82 Å².